The zero-order valence-corrected chi connectivity index (χ0v) is 12.5. The summed E-state index contributed by atoms with van der Waals surface area (Å²) in [4.78, 5) is 35.6. The Kier molecular flexibility index (Phi) is 4.44. The zero-order chi connectivity index (χ0) is 16.4. The summed E-state index contributed by atoms with van der Waals surface area (Å²) in [5.41, 5.74) is -0.594. The molecule has 2 atom stereocenters. The lowest BCUT2D eigenvalue weighted by atomic mass is 9.94. The molecule has 1 aliphatic heterocycles. The molecule has 0 saturated carbocycles. The molecular weight excluding hydrogens is 288 g/mol. The van der Waals surface area contributed by atoms with Crippen LogP contribution in [-0.2, 0) is 0 Å². The van der Waals surface area contributed by atoms with Crippen LogP contribution in [0.2, 0.25) is 0 Å². The van der Waals surface area contributed by atoms with Crippen LogP contribution in [0, 0.1) is 16.0 Å². The molecule has 2 unspecified atom stereocenters. The molecule has 0 aromatic heterocycles. The highest BCUT2D eigenvalue weighted by atomic mass is 16.6. The van der Waals surface area contributed by atoms with Crippen molar-refractivity contribution in [1.82, 2.24) is 4.90 Å². The van der Waals surface area contributed by atoms with Gasteiger partial charge >= 0.3 is 5.97 Å². The highest BCUT2D eigenvalue weighted by molar-refractivity contribution is 5.98. The maximum atomic E-state index is 12.6. The van der Waals surface area contributed by atoms with Gasteiger partial charge in [-0.05, 0) is 31.7 Å². The van der Waals surface area contributed by atoms with Crippen LogP contribution < -0.4 is 0 Å². The van der Waals surface area contributed by atoms with E-state index in [1.165, 1.54) is 6.07 Å². The number of benzene rings is 1. The predicted octanol–water partition coefficient (Wildman–Crippen LogP) is 2.55. The van der Waals surface area contributed by atoms with E-state index >= 15 is 0 Å². The molecule has 0 bridgehead atoms. The first-order chi connectivity index (χ1) is 10.3. The van der Waals surface area contributed by atoms with Crippen LogP contribution in [0.4, 0.5) is 5.69 Å². The quantitative estimate of drug-likeness (QED) is 0.683. The minimum atomic E-state index is -1.29. The number of nitro benzene ring substituents is 1. The van der Waals surface area contributed by atoms with Crippen LogP contribution in [-0.4, -0.2) is 39.4 Å². The number of nitro groups is 1. The first-order valence-corrected chi connectivity index (χ1v) is 7.13. The SMILES string of the molecule is CC1CCC(C)N(C(=O)c2cc(C(=O)O)cc([N+](=O)[O-])c2)C1. The highest BCUT2D eigenvalue weighted by Gasteiger charge is 2.29. The van der Waals surface area contributed by atoms with Crippen LogP contribution in [0.3, 0.4) is 0 Å². The molecule has 2 rings (SSSR count). The molecule has 7 nitrogen and oxygen atoms in total. The Morgan fingerprint density at radius 2 is 1.86 bits per heavy atom. The monoisotopic (exact) mass is 306 g/mol. The van der Waals surface area contributed by atoms with Gasteiger partial charge in [0.25, 0.3) is 11.6 Å². The summed E-state index contributed by atoms with van der Waals surface area (Å²) in [6, 6.07) is 3.34. The van der Waals surface area contributed by atoms with Gasteiger partial charge in [0.1, 0.15) is 0 Å². The van der Waals surface area contributed by atoms with Crippen molar-refractivity contribution in [3.63, 3.8) is 0 Å². The summed E-state index contributed by atoms with van der Waals surface area (Å²) < 4.78 is 0. The summed E-state index contributed by atoms with van der Waals surface area (Å²) in [5, 5.41) is 20.0. The molecule has 0 aliphatic carbocycles. The zero-order valence-electron chi connectivity index (χ0n) is 12.5. The van der Waals surface area contributed by atoms with Crippen LogP contribution in [0.15, 0.2) is 18.2 Å². The van der Waals surface area contributed by atoms with Gasteiger partial charge in [0.15, 0.2) is 0 Å². The third kappa shape index (κ3) is 3.24. The van der Waals surface area contributed by atoms with Gasteiger partial charge in [-0.2, -0.15) is 0 Å². The normalized spacial score (nSPS) is 21.5. The van der Waals surface area contributed by atoms with Gasteiger partial charge in [-0.3, -0.25) is 14.9 Å². The molecule has 1 heterocycles. The Hall–Kier alpha value is -2.44. The third-order valence-corrected chi connectivity index (χ3v) is 4.00. The van der Waals surface area contributed by atoms with Crippen molar-refractivity contribution in [3.8, 4) is 0 Å². The van der Waals surface area contributed by atoms with E-state index in [2.05, 4.69) is 0 Å². The van der Waals surface area contributed by atoms with Crippen molar-refractivity contribution >= 4 is 17.6 Å². The maximum Gasteiger partial charge on any atom is 0.335 e. The van der Waals surface area contributed by atoms with E-state index in [-0.39, 0.29) is 28.8 Å². The number of hydrogen-bond donors (Lipinski definition) is 1. The Balaban J connectivity index is 2.39. The lowest BCUT2D eigenvalue weighted by Gasteiger charge is -2.36. The molecule has 1 fully saturated rings. The van der Waals surface area contributed by atoms with Gasteiger partial charge in [-0.15, -0.1) is 0 Å². The number of carbonyl (C=O) groups excluding carboxylic acids is 1. The number of non-ortho nitro benzene ring substituents is 1. The summed E-state index contributed by atoms with van der Waals surface area (Å²) >= 11 is 0. The molecule has 1 aromatic carbocycles. The van der Waals surface area contributed by atoms with Crippen LogP contribution in [0.25, 0.3) is 0 Å². The van der Waals surface area contributed by atoms with Gasteiger partial charge in [-0.25, -0.2) is 4.79 Å². The molecule has 118 valence electrons. The molecule has 1 saturated heterocycles. The number of likely N-dealkylation sites (tertiary alicyclic amines) is 1. The third-order valence-electron chi connectivity index (χ3n) is 4.00. The van der Waals surface area contributed by atoms with E-state index in [4.69, 9.17) is 5.11 Å². The van der Waals surface area contributed by atoms with Gasteiger partial charge in [-0.1, -0.05) is 6.92 Å². The molecule has 0 radical (unpaired) electrons. The van der Waals surface area contributed by atoms with E-state index in [0.29, 0.717) is 12.5 Å². The van der Waals surface area contributed by atoms with E-state index in [9.17, 15) is 19.7 Å². The largest absolute Gasteiger partial charge is 0.478 e. The van der Waals surface area contributed by atoms with Crippen molar-refractivity contribution in [3.05, 3.63) is 39.4 Å². The fourth-order valence-electron chi connectivity index (χ4n) is 2.70. The standard InChI is InChI=1S/C15H18N2O5/c1-9-3-4-10(2)16(8-9)14(18)11-5-12(15(19)20)7-13(6-11)17(21)22/h5-7,9-10H,3-4,8H2,1-2H3,(H,19,20). The van der Waals surface area contributed by atoms with Crippen LogP contribution in [0.1, 0.15) is 47.4 Å². The molecule has 1 amide bonds. The second-order valence-corrected chi connectivity index (χ2v) is 5.82. The number of piperidine rings is 1. The van der Waals surface area contributed by atoms with Gasteiger partial charge in [0, 0.05) is 30.3 Å². The van der Waals surface area contributed by atoms with E-state index in [1.54, 1.807) is 4.90 Å². The molecule has 22 heavy (non-hydrogen) atoms. The first-order valence-electron chi connectivity index (χ1n) is 7.13. The number of aromatic carboxylic acids is 1. The molecule has 7 heteroatoms. The van der Waals surface area contributed by atoms with E-state index < -0.39 is 10.9 Å². The number of carboxylic acid groups (broad SMARTS) is 1. The molecule has 0 spiro atoms. The minimum absolute atomic E-state index is 0.0382. The van der Waals surface area contributed by atoms with Gasteiger partial charge in [0.05, 0.1) is 10.5 Å². The fraction of sp³-hybridized carbons (Fsp3) is 0.467. The van der Waals surface area contributed by atoms with Crippen molar-refractivity contribution in [1.29, 1.82) is 0 Å². The molecule has 1 aromatic rings. The van der Waals surface area contributed by atoms with Crippen LogP contribution in [0.5, 0.6) is 0 Å². The second kappa shape index (κ2) is 6.13. The number of hydrogen-bond acceptors (Lipinski definition) is 4. The Morgan fingerprint density at radius 3 is 2.45 bits per heavy atom. The number of carboxylic acids is 1. The molecule has 1 aliphatic rings. The van der Waals surface area contributed by atoms with E-state index in [0.717, 1.165) is 25.0 Å². The first kappa shape index (κ1) is 15.9. The lowest BCUT2D eigenvalue weighted by molar-refractivity contribution is -0.384. The maximum absolute atomic E-state index is 12.6. The number of carbonyl (C=O) groups is 2. The Bertz CT molecular complexity index is 596. The molecule has 1 N–H and O–H groups in total. The Morgan fingerprint density at radius 1 is 1.23 bits per heavy atom. The fourth-order valence-corrected chi connectivity index (χ4v) is 2.70. The van der Waals surface area contributed by atoms with Gasteiger partial charge in [0.2, 0.25) is 0 Å². The summed E-state index contributed by atoms with van der Waals surface area (Å²) in [7, 11) is 0. The number of nitrogens with zero attached hydrogens (tertiary/aromatic N) is 2. The second-order valence-electron chi connectivity index (χ2n) is 5.82. The predicted molar refractivity (Wildman–Crippen MR) is 79.0 cm³/mol. The van der Waals surface area contributed by atoms with Crippen molar-refractivity contribution in [2.45, 2.75) is 32.7 Å². The molecular formula is C15H18N2O5. The Labute approximate surface area is 127 Å². The van der Waals surface area contributed by atoms with Crippen molar-refractivity contribution in [2.24, 2.45) is 5.92 Å². The topological polar surface area (TPSA) is 101 Å². The summed E-state index contributed by atoms with van der Waals surface area (Å²) in [6.45, 7) is 4.55. The smallest absolute Gasteiger partial charge is 0.335 e. The van der Waals surface area contributed by atoms with Crippen LogP contribution >= 0.6 is 0 Å². The average molecular weight is 306 g/mol. The number of rotatable bonds is 3. The minimum Gasteiger partial charge on any atom is -0.478 e. The van der Waals surface area contributed by atoms with Gasteiger partial charge < -0.3 is 10.0 Å². The van der Waals surface area contributed by atoms with Crippen molar-refractivity contribution in [2.75, 3.05) is 6.54 Å². The van der Waals surface area contributed by atoms with Crippen molar-refractivity contribution < 1.29 is 19.6 Å². The summed E-state index contributed by atoms with van der Waals surface area (Å²) in [6.07, 6.45) is 1.90. The number of amides is 1. The van der Waals surface area contributed by atoms with E-state index in [1.807, 2.05) is 13.8 Å². The lowest BCUT2D eigenvalue weighted by Crippen LogP contribution is -2.45. The average Bonchev–Trinajstić information content (AvgIpc) is 2.48. The summed E-state index contributed by atoms with van der Waals surface area (Å²) in [5.74, 6) is -1.29. The highest BCUT2D eigenvalue weighted by Crippen LogP contribution is 2.25.